The average molecular weight is 340 g/mol. The molecule has 2 heterocycles. The molecule has 0 aliphatic carbocycles. The van der Waals surface area contributed by atoms with E-state index in [9.17, 15) is 9.18 Å². The van der Waals surface area contributed by atoms with Crippen molar-refractivity contribution in [3.8, 4) is 11.4 Å². The summed E-state index contributed by atoms with van der Waals surface area (Å²) in [5.74, 6) is 0.297. The number of aromatic amines is 1. The van der Waals surface area contributed by atoms with Crippen molar-refractivity contribution in [3.05, 3.63) is 60.2 Å². The van der Waals surface area contributed by atoms with E-state index in [1.54, 1.807) is 12.1 Å². The summed E-state index contributed by atoms with van der Waals surface area (Å²) in [5.41, 5.74) is 2.05. The summed E-state index contributed by atoms with van der Waals surface area (Å²) in [6, 6.07) is 11.9. The lowest BCUT2D eigenvalue weighted by Crippen LogP contribution is -2.41. The second-order valence-electron chi connectivity index (χ2n) is 7.37. The summed E-state index contributed by atoms with van der Waals surface area (Å²) in [6.45, 7) is 8.26. The van der Waals surface area contributed by atoms with Gasteiger partial charge in [-0.3, -0.25) is 4.79 Å². The molecule has 25 heavy (non-hydrogen) atoms. The van der Waals surface area contributed by atoms with Gasteiger partial charge in [-0.1, -0.05) is 26.8 Å². The normalized spacial score (nSPS) is 13.0. The first-order valence-corrected chi connectivity index (χ1v) is 8.36. The van der Waals surface area contributed by atoms with Crippen LogP contribution in [0.5, 0.6) is 0 Å². The maximum absolute atomic E-state index is 13.2. The van der Waals surface area contributed by atoms with Crippen LogP contribution in [0.15, 0.2) is 48.7 Å². The number of hydrogen-bond acceptors (Lipinski definition) is 1. The number of carbonyl (C=O) groups excluding carboxylic acids is 1. The molecular weight excluding hydrogens is 317 g/mol. The molecule has 0 aliphatic rings. The van der Waals surface area contributed by atoms with E-state index in [0.29, 0.717) is 5.69 Å². The van der Waals surface area contributed by atoms with Crippen molar-refractivity contribution < 1.29 is 13.6 Å². The van der Waals surface area contributed by atoms with Gasteiger partial charge in [-0.05, 0) is 48.7 Å². The molecule has 4 nitrogen and oxygen atoms in total. The molecule has 2 aromatic heterocycles. The fraction of sp³-hybridized carbons (Fsp3) is 0.300. The van der Waals surface area contributed by atoms with Gasteiger partial charge in [0, 0.05) is 6.04 Å². The Hall–Kier alpha value is -2.69. The van der Waals surface area contributed by atoms with Gasteiger partial charge in [0.05, 0.1) is 11.8 Å². The Balaban J connectivity index is 2.05. The van der Waals surface area contributed by atoms with Crippen molar-refractivity contribution in [3.63, 3.8) is 0 Å². The molecule has 1 unspecified atom stereocenters. The Bertz CT molecular complexity index is 907. The van der Waals surface area contributed by atoms with E-state index < -0.39 is 0 Å². The first-order chi connectivity index (χ1) is 11.8. The lowest BCUT2D eigenvalue weighted by atomic mass is 9.88. The Morgan fingerprint density at radius 1 is 1.16 bits per heavy atom. The minimum atomic E-state index is -0.290. The van der Waals surface area contributed by atoms with E-state index in [0.717, 1.165) is 16.9 Å². The molecule has 130 valence electrons. The third-order valence-electron chi connectivity index (χ3n) is 4.59. The minimum absolute atomic E-state index is 0.0151. The topological polar surface area (TPSA) is 49.0 Å². The highest BCUT2D eigenvalue weighted by Crippen LogP contribution is 2.21. The van der Waals surface area contributed by atoms with E-state index >= 15 is 0 Å². The smallest absolute Gasteiger partial charge is 0.295 e. The number of rotatable bonds is 3. The number of H-pyrrole nitrogens is 1. The van der Waals surface area contributed by atoms with Crippen molar-refractivity contribution >= 4 is 11.4 Å². The lowest BCUT2D eigenvalue weighted by Gasteiger charge is -2.27. The molecule has 0 radical (unpaired) electrons. The van der Waals surface area contributed by atoms with Gasteiger partial charge in [0.2, 0.25) is 5.69 Å². The van der Waals surface area contributed by atoms with Crippen molar-refractivity contribution in [2.75, 3.05) is 0 Å². The van der Waals surface area contributed by atoms with Crippen molar-refractivity contribution in [1.82, 2.24) is 10.3 Å². The Morgan fingerprint density at radius 2 is 1.84 bits per heavy atom. The fourth-order valence-corrected chi connectivity index (χ4v) is 2.56. The van der Waals surface area contributed by atoms with Gasteiger partial charge in [0.1, 0.15) is 5.82 Å². The van der Waals surface area contributed by atoms with Gasteiger partial charge in [-0.25, -0.2) is 9.37 Å². The third-order valence-corrected chi connectivity index (χ3v) is 4.59. The molecule has 0 fully saturated rings. The van der Waals surface area contributed by atoms with Crippen LogP contribution in [0.4, 0.5) is 4.39 Å². The first-order valence-electron chi connectivity index (χ1n) is 8.36. The predicted molar refractivity (Wildman–Crippen MR) is 95.7 cm³/mol. The first kappa shape index (κ1) is 17.1. The highest BCUT2D eigenvalue weighted by molar-refractivity contribution is 5.98. The summed E-state index contributed by atoms with van der Waals surface area (Å²) in [4.78, 5) is 16.0. The van der Waals surface area contributed by atoms with Gasteiger partial charge in [0.15, 0.2) is 5.52 Å². The van der Waals surface area contributed by atoms with Crippen molar-refractivity contribution in [1.29, 1.82) is 0 Å². The molecule has 0 spiro atoms. The monoisotopic (exact) mass is 340 g/mol. The summed E-state index contributed by atoms with van der Waals surface area (Å²) in [7, 11) is 0. The number of hydrogen-bond donors (Lipinski definition) is 2. The van der Waals surface area contributed by atoms with Gasteiger partial charge < -0.3 is 5.32 Å². The molecule has 0 saturated heterocycles. The maximum atomic E-state index is 13.2. The quantitative estimate of drug-likeness (QED) is 0.702. The number of aromatic nitrogens is 2. The number of benzene rings is 1. The number of halogens is 1. The number of carbonyl (C=O) groups is 1. The summed E-state index contributed by atoms with van der Waals surface area (Å²) in [5, 5.41) is 3.06. The number of imidazole rings is 1. The van der Waals surface area contributed by atoms with Crippen molar-refractivity contribution in [2.24, 2.45) is 5.41 Å². The zero-order valence-corrected chi connectivity index (χ0v) is 14.9. The highest BCUT2D eigenvalue weighted by Gasteiger charge is 2.28. The molecule has 0 aliphatic heterocycles. The zero-order chi connectivity index (χ0) is 18.2. The van der Waals surface area contributed by atoms with Crippen LogP contribution in [0, 0.1) is 11.2 Å². The third kappa shape index (κ3) is 3.40. The summed E-state index contributed by atoms with van der Waals surface area (Å²) >= 11 is 0. The Kier molecular flexibility index (Phi) is 4.33. The standard InChI is InChI=1S/C20H22FN3O/c1-13(20(2,3)4)22-19(25)17-16-7-5-6-12-24(16)18(23-17)14-8-10-15(21)11-9-14/h5-13H,1-4H3,(H,22,25)/p+1. The number of fused-ring (bicyclic) bond motifs is 1. The molecule has 1 atom stereocenters. The van der Waals surface area contributed by atoms with Crippen molar-refractivity contribution in [2.45, 2.75) is 33.7 Å². The van der Waals surface area contributed by atoms with E-state index in [1.165, 1.54) is 12.1 Å². The summed E-state index contributed by atoms with van der Waals surface area (Å²) < 4.78 is 15.1. The number of nitrogens with zero attached hydrogens (tertiary/aromatic N) is 1. The van der Waals surface area contributed by atoms with Crippen LogP contribution >= 0.6 is 0 Å². The van der Waals surface area contributed by atoms with Gasteiger partial charge >= 0.3 is 0 Å². The van der Waals surface area contributed by atoms with Crippen LogP contribution in [0.1, 0.15) is 38.2 Å². The van der Waals surface area contributed by atoms with E-state index in [2.05, 4.69) is 31.1 Å². The average Bonchev–Trinajstić information content (AvgIpc) is 2.94. The van der Waals surface area contributed by atoms with Crippen LogP contribution in [0.25, 0.3) is 16.9 Å². The lowest BCUT2D eigenvalue weighted by molar-refractivity contribution is -0.498. The number of pyridine rings is 1. The van der Waals surface area contributed by atoms with Crippen LogP contribution < -0.4 is 9.72 Å². The molecular formula is C20H23FN3O+. The SMILES string of the molecule is CC(NC(=O)c1[nH]c(-c2ccc(F)cc2)[n+]2ccccc12)C(C)(C)C. The Morgan fingerprint density at radius 3 is 2.48 bits per heavy atom. The zero-order valence-electron chi connectivity index (χ0n) is 14.9. The van der Waals surface area contributed by atoms with E-state index in [1.807, 2.05) is 35.7 Å². The molecule has 3 aromatic rings. The van der Waals surface area contributed by atoms with Crippen LogP contribution in [-0.2, 0) is 0 Å². The van der Waals surface area contributed by atoms with Gasteiger partial charge in [0.25, 0.3) is 11.7 Å². The largest absolute Gasteiger partial charge is 0.346 e. The second-order valence-corrected chi connectivity index (χ2v) is 7.37. The van der Waals surface area contributed by atoms with E-state index in [-0.39, 0.29) is 23.2 Å². The molecule has 2 N–H and O–H groups in total. The minimum Gasteiger partial charge on any atom is -0.346 e. The van der Waals surface area contributed by atoms with Crippen LogP contribution in [-0.4, -0.2) is 16.9 Å². The molecule has 1 aromatic carbocycles. The fourth-order valence-electron chi connectivity index (χ4n) is 2.56. The molecule has 5 heteroatoms. The molecule has 3 rings (SSSR count). The van der Waals surface area contributed by atoms with Crippen LogP contribution in [0.3, 0.4) is 0 Å². The maximum Gasteiger partial charge on any atom is 0.295 e. The molecule has 0 saturated carbocycles. The summed E-state index contributed by atoms with van der Waals surface area (Å²) in [6.07, 6.45) is 1.88. The van der Waals surface area contributed by atoms with Gasteiger partial charge in [-0.2, -0.15) is 4.40 Å². The number of nitrogens with one attached hydrogen (secondary N) is 2. The van der Waals surface area contributed by atoms with Gasteiger partial charge in [-0.15, -0.1) is 0 Å². The molecule has 1 amide bonds. The highest BCUT2D eigenvalue weighted by atomic mass is 19.1. The second kappa shape index (κ2) is 6.31. The Labute approximate surface area is 146 Å². The number of amides is 1. The molecule has 0 bridgehead atoms. The predicted octanol–water partition coefficient (Wildman–Crippen LogP) is 3.72. The van der Waals surface area contributed by atoms with Crippen LogP contribution in [0.2, 0.25) is 0 Å². The van der Waals surface area contributed by atoms with E-state index in [4.69, 9.17) is 0 Å².